The summed E-state index contributed by atoms with van der Waals surface area (Å²) in [5.41, 5.74) is 6.30. The van der Waals surface area contributed by atoms with Gasteiger partial charge in [-0.1, -0.05) is 61.3 Å². The molecule has 1 amide bonds. The second-order valence-corrected chi connectivity index (χ2v) is 5.88. The van der Waals surface area contributed by atoms with E-state index in [2.05, 4.69) is 22.8 Å². The number of carbonyl (C=O) groups is 1. The predicted octanol–water partition coefficient (Wildman–Crippen LogP) is 4.38. The molecule has 2 aromatic carbocycles. The van der Waals surface area contributed by atoms with E-state index in [0.717, 1.165) is 35.4 Å². The third-order valence-electron chi connectivity index (χ3n) is 3.62. The Morgan fingerprint density at radius 3 is 2.58 bits per heavy atom. The fraction of sp³-hybridized carbons (Fsp3) is 0.263. The summed E-state index contributed by atoms with van der Waals surface area (Å²) >= 11 is 6.07. The molecule has 2 N–H and O–H groups in total. The van der Waals surface area contributed by atoms with Crippen molar-refractivity contribution in [2.75, 3.05) is 11.9 Å². The van der Waals surface area contributed by atoms with Crippen LogP contribution in [0, 0.1) is 6.92 Å². The van der Waals surface area contributed by atoms with Gasteiger partial charge in [0.25, 0.3) is 5.91 Å². The quantitative estimate of drug-likeness (QED) is 0.579. The van der Waals surface area contributed by atoms with Crippen LogP contribution in [0.2, 0.25) is 5.02 Å². The van der Waals surface area contributed by atoms with Gasteiger partial charge in [-0.2, -0.15) is 5.10 Å². The van der Waals surface area contributed by atoms with Crippen molar-refractivity contribution in [1.29, 1.82) is 0 Å². The maximum absolute atomic E-state index is 12.0. The molecule has 0 aliphatic rings. The molecule has 0 saturated carbocycles. The fourth-order valence-electron chi connectivity index (χ4n) is 2.28. The first-order valence-corrected chi connectivity index (χ1v) is 8.39. The Morgan fingerprint density at radius 2 is 1.88 bits per heavy atom. The van der Waals surface area contributed by atoms with Crippen LogP contribution < -0.4 is 10.7 Å². The molecule has 2 rings (SSSR count). The van der Waals surface area contributed by atoms with E-state index in [4.69, 9.17) is 11.6 Å². The van der Waals surface area contributed by atoms with Crippen LogP contribution >= 0.6 is 11.6 Å². The van der Waals surface area contributed by atoms with Crippen LogP contribution in [0.1, 0.15) is 30.9 Å². The van der Waals surface area contributed by atoms with E-state index in [1.807, 2.05) is 55.5 Å². The summed E-state index contributed by atoms with van der Waals surface area (Å²) < 4.78 is 0. The summed E-state index contributed by atoms with van der Waals surface area (Å²) in [7, 11) is 0. The van der Waals surface area contributed by atoms with Crippen molar-refractivity contribution < 1.29 is 4.79 Å². The Morgan fingerprint density at radius 1 is 1.12 bits per heavy atom. The number of hydrazone groups is 1. The monoisotopic (exact) mass is 343 g/mol. The predicted molar refractivity (Wildman–Crippen MR) is 101 cm³/mol. The van der Waals surface area contributed by atoms with Crippen molar-refractivity contribution >= 4 is 28.9 Å². The standard InChI is InChI=1S/C19H22ClN3O/c1-3-8-18(15-9-5-4-6-10-15)22-23-19(24)13-21-17-12-7-11-16(20)14(17)2/h4-7,9-12,21H,3,8,13H2,1-2H3,(H,23,24)/b22-18+. The molecule has 0 unspecified atom stereocenters. The summed E-state index contributed by atoms with van der Waals surface area (Å²) in [5, 5.41) is 8.04. The van der Waals surface area contributed by atoms with Crippen LogP contribution in [0.3, 0.4) is 0 Å². The molecule has 5 heteroatoms. The van der Waals surface area contributed by atoms with Crippen molar-refractivity contribution in [2.24, 2.45) is 5.10 Å². The van der Waals surface area contributed by atoms with E-state index >= 15 is 0 Å². The van der Waals surface area contributed by atoms with Crippen molar-refractivity contribution in [1.82, 2.24) is 5.43 Å². The number of hydrogen-bond acceptors (Lipinski definition) is 3. The minimum absolute atomic E-state index is 0.138. The normalized spacial score (nSPS) is 11.2. The summed E-state index contributed by atoms with van der Waals surface area (Å²) in [6.07, 6.45) is 1.77. The van der Waals surface area contributed by atoms with Crippen LogP contribution in [0.4, 0.5) is 5.69 Å². The van der Waals surface area contributed by atoms with Crippen molar-refractivity contribution in [2.45, 2.75) is 26.7 Å². The van der Waals surface area contributed by atoms with Crippen LogP contribution in [0.5, 0.6) is 0 Å². The highest BCUT2D eigenvalue weighted by Gasteiger charge is 2.06. The maximum Gasteiger partial charge on any atom is 0.259 e. The first-order chi connectivity index (χ1) is 11.6. The summed E-state index contributed by atoms with van der Waals surface area (Å²) in [4.78, 5) is 12.0. The zero-order chi connectivity index (χ0) is 17.4. The minimum atomic E-state index is -0.195. The van der Waals surface area contributed by atoms with Crippen LogP contribution in [-0.4, -0.2) is 18.2 Å². The van der Waals surface area contributed by atoms with E-state index in [-0.39, 0.29) is 12.5 Å². The van der Waals surface area contributed by atoms with Gasteiger partial charge in [-0.25, -0.2) is 5.43 Å². The van der Waals surface area contributed by atoms with E-state index in [1.165, 1.54) is 0 Å². The zero-order valence-corrected chi connectivity index (χ0v) is 14.7. The molecule has 24 heavy (non-hydrogen) atoms. The first kappa shape index (κ1) is 18.0. The SMILES string of the molecule is CCC/C(=N\NC(=O)CNc1cccc(Cl)c1C)c1ccccc1. The number of anilines is 1. The number of carbonyl (C=O) groups excluding carboxylic acids is 1. The molecule has 0 aliphatic carbocycles. The topological polar surface area (TPSA) is 53.5 Å². The Hall–Kier alpha value is -2.33. The lowest BCUT2D eigenvalue weighted by atomic mass is 10.1. The Kier molecular flexibility index (Phi) is 6.82. The molecule has 0 saturated heterocycles. The third kappa shape index (κ3) is 5.10. The Bertz CT molecular complexity index is 714. The maximum atomic E-state index is 12.0. The summed E-state index contributed by atoms with van der Waals surface area (Å²) in [5.74, 6) is -0.195. The molecule has 126 valence electrons. The fourth-order valence-corrected chi connectivity index (χ4v) is 2.45. The van der Waals surface area contributed by atoms with Gasteiger partial charge in [0.2, 0.25) is 0 Å². The lowest BCUT2D eigenvalue weighted by Gasteiger charge is -2.10. The van der Waals surface area contributed by atoms with Gasteiger partial charge in [-0.15, -0.1) is 0 Å². The number of halogens is 1. The highest BCUT2D eigenvalue weighted by molar-refractivity contribution is 6.31. The average molecular weight is 344 g/mol. The van der Waals surface area contributed by atoms with Gasteiger partial charge in [-0.05, 0) is 36.6 Å². The molecule has 0 aliphatic heterocycles. The van der Waals surface area contributed by atoms with Crippen LogP contribution in [-0.2, 0) is 4.79 Å². The molecule has 0 fully saturated rings. The van der Waals surface area contributed by atoms with Gasteiger partial charge in [0.15, 0.2) is 0 Å². The number of nitrogens with zero attached hydrogens (tertiary/aromatic N) is 1. The molecule has 0 atom stereocenters. The number of amides is 1. The van der Waals surface area contributed by atoms with Gasteiger partial charge < -0.3 is 5.32 Å². The second-order valence-electron chi connectivity index (χ2n) is 5.48. The molecule has 4 nitrogen and oxygen atoms in total. The third-order valence-corrected chi connectivity index (χ3v) is 4.03. The number of rotatable bonds is 7. The van der Waals surface area contributed by atoms with Gasteiger partial charge in [0, 0.05) is 10.7 Å². The molecule has 0 heterocycles. The molecule has 0 bridgehead atoms. The van der Waals surface area contributed by atoms with E-state index in [0.29, 0.717) is 5.02 Å². The Labute approximate surface area is 147 Å². The second kappa shape index (κ2) is 9.08. The van der Waals surface area contributed by atoms with Crippen LogP contribution in [0.25, 0.3) is 0 Å². The highest BCUT2D eigenvalue weighted by Crippen LogP contribution is 2.22. The molecule has 0 aromatic heterocycles. The first-order valence-electron chi connectivity index (χ1n) is 8.01. The number of benzene rings is 2. The number of nitrogens with one attached hydrogen (secondary N) is 2. The molecule has 0 spiro atoms. The van der Waals surface area contributed by atoms with E-state index < -0.39 is 0 Å². The van der Waals surface area contributed by atoms with Crippen LogP contribution in [0.15, 0.2) is 53.6 Å². The molecular formula is C19H22ClN3O. The largest absolute Gasteiger partial charge is 0.376 e. The van der Waals surface area contributed by atoms with Crippen molar-refractivity contribution in [3.63, 3.8) is 0 Å². The Balaban J connectivity index is 1.96. The smallest absolute Gasteiger partial charge is 0.259 e. The van der Waals surface area contributed by atoms with Gasteiger partial charge in [-0.3, -0.25) is 4.79 Å². The van der Waals surface area contributed by atoms with Gasteiger partial charge in [0.05, 0.1) is 12.3 Å². The van der Waals surface area contributed by atoms with Gasteiger partial charge >= 0.3 is 0 Å². The molecule has 2 aromatic rings. The number of hydrogen-bond donors (Lipinski definition) is 2. The zero-order valence-electron chi connectivity index (χ0n) is 14.0. The van der Waals surface area contributed by atoms with E-state index in [1.54, 1.807) is 0 Å². The van der Waals surface area contributed by atoms with Crippen molar-refractivity contribution in [3.8, 4) is 0 Å². The lowest BCUT2D eigenvalue weighted by Crippen LogP contribution is -2.27. The molecule has 0 radical (unpaired) electrons. The summed E-state index contributed by atoms with van der Waals surface area (Å²) in [6, 6.07) is 15.4. The summed E-state index contributed by atoms with van der Waals surface area (Å²) in [6.45, 7) is 4.14. The average Bonchev–Trinajstić information content (AvgIpc) is 2.60. The minimum Gasteiger partial charge on any atom is -0.376 e. The molecular weight excluding hydrogens is 322 g/mol. The lowest BCUT2D eigenvalue weighted by molar-refractivity contribution is -0.119. The van der Waals surface area contributed by atoms with E-state index in [9.17, 15) is 4.79 Å². The van der Waals surface area contributed by atoms with Gasteiger partial charge in [0.1, 0.15) is 0 Å². The highest BCUT2D eigenvalue weighted by atomic mass is 35.5. The van der Waals surface area contributed by atoms with Crippen molar-refractivity contribution in [3.05, 3.63) is 64.7 Å².